The Morgan fingerprint density at radius 2 is 1.00 bits per heavy atom. The monoisotopic (exact) mass is 638 g/mol. The van der Waals surface area contributed by atoms with Gasteiger partial charge in [-0.15, -0.1) is 0 Å². The van der Waals surface area contributed by atoms with Crippen LogP contribution in [0.15, 0.2) is 158 Å². The molecule has 0 amide bonds. The molecule has 47 heavy (non-hydrogen) atoms. The van der Waals surface area contributed by atoms with E-state index in [4.69, 9.17) is 0 Å². The molecule has 224 valence electrons. The highest BCUT2D eigenvalue weighted by Gasteiger charge is 2.41. The Balaban J connectivity index is 1.39. The van der Waals surface area contributed by atoms with Crippen LogP contribution in [0.3, 0.4) is 0 Å². The van der Waals surface area contributed by atoms with Crippen LogP contribution in [0.2, 0.25) is 0 Å². The first kappa shape index (κ1) is 28.4. The average molecular weight is 639 g/mol. The van der Waals surface area contributed by atoms with E-state index < -0.39 is 15.8 Å². The maximum Gasteiger partial charge on any atom is 0.0702 e. The maximum atomic E-state index is 4.68. The number of aromatic nitrogens is 1. The summed E-state index contributed by atoms with van der Waals surface area (Å²) in [7, 11) is -1.63. The summed E-state index contributed by atoms with van der Waals surface area (Å²) in [6.07, 6.45) is 1.87. The van der Waals surface area contributed by atoms with Gasteiger partial charge in [-0.3, -0.25) is 4.98 Å². The molecule has 0 saturated carbocycles. The first-order chi connectivity index (χ1) is 23.1. The minimum atomic E-state index is -0.815. The van der Waals surface area contributed by atoms with Crippen LogP contribution in [0.4, 0.5) is 17.1 Å². The molecule has 2 atom stereocenters. The fourth-order valence-electron chi connectivity index (χ4n) is 7.08. The molecular formula is C43H32N2P2. The number of hydrogen-bond donors (Lipinski definition) is 0. The predicted molar refractivity (Wildman–Crippen MR) is 204 cm³/mol. The molecule has 0 N–H and O–H groups in total. The highest BCUT2D eigenvalue weighted by molar-refractivity contribution is 7.82. The summed E-state index contributed by atoms with van der Waals surface area (Å²) >= 11 is 0. The second-order valence-electron chi connectivity index (χ2n) is 12.3. The number of benzene rings is 6. The second-order valence-corrected chi connectivity index (χ2v) is 16.6. The van der Waals surface area contributed by atoms with E-state index in [-0.39, 0.29) is 0 Å². The number of anilines is 3. The number of aryl methyl sites for hydroxylation is 2. The van der Waals surface area contributed by atoms with Crippen molar-refractivity contribution in [2.24, 2.45) is 0 Å². The average Bonchev–Trinajstić information content (AvgIpc) is 3.12. The van der Waals surface area contributed by atoms with Crippen LogP contribution in [0.5, 0.6) is 0 Å². The van der Waals surface area contributed by atoms with Crippen LogP contribution >= 0.6 is 15.8 Å². The van der Waals surface area contributed by atoms with Crippen LogP contribution in [0.25, 0.3) is 22.4 Å². The van der Waals surface area contributed by atoms with Crippen molar-refractivity contribution in [3.05, 3.63) is 169 Å². The lowest BCUT2D eigenvalue weighted by Gasteiger charge is -2.45. The van der Waals surface area contributed by atoms with Gasteiger partial charge in [0.2, 0.25) is 0 Å². The molecule has 2 nitrogen and oxygen atoms in total. The summed E-state index contributed by atoms with van der Waals surface area (Å²) in [6, 6.07) is 56.6. The summed E-state index contributed by atoms with van der Waals surface area (Å²) < 4.78 is 0. The van der Waals surface area contributed by atoms with Gasteiger partial charge in [-0.2, -0.15) is 0 Å². The first-order valence-corrected chi connectivity index (χ1v) is 18.7. The molecule has 0 saturated heterocycles. The fourth-order valence-corrected chi connectivity index (χ4v) is 12.6. The zero-order valence-electron chi connectivity index (χ0n) is 26.3. The van der Waals surface area contributed by atoms with E-state index in [1.54, 1.807) is 0 Å². The quantitative estimate of drug-likeness (QED) is 0.180. The number of rotatable bonds is 4. The van der Waals surface area contributed by atoms with Crippen molar-refractivity contribution < 1.29 is 0 Å². The maximum absolute atomic E-state index is 4.68. The standard InChI is InChI=1S/C43H32N2P2/c1-29-19-21-37-39(24-29)46(34-14-5-3-6-15-34)41-27-33(31-12-11-13-32(26-31)36-18-9-10-23-44-36)28-42-43(41)45(37)38-22-20-30(2)25-40(38)47(42)35-16-7-4-8-17-35/h3-28H,1-2H3. The first-order valence-electron chi connectivity index (χ1n) is 16.1. The third-order valence-electron chi connectivity index (χ3n) is 9.19. The molecule has 3 heterocycles. The minimum Gasteiger partial charge on any atom is -0.308 e. The van der Waals surface area contributed by atoms with E-state index in [9.17, 15) is 0 Å². The molecule has 0 aliphatic carbocycles. The molecule has 0 fully saturated rings. The van der Waals surface area contributed by atoms with Gasteiger partial charge in [0.05, 0.1) is 22.8 Å². The SMILES string of the molecule is Cc1ccc2c(c1)P(c1ccccc1)c1cc(-c3cccc(-c4ccccn4)c3)cc3c1N2c1ccc(C)cc1P3c1ccccc1. The van der Waals surface area contributed by atoms with Crippen molar-refractivity contribution in [3.8, 4) is 22.4 Å². The van der Waals surface area contributed by atoms with Crippen LogP contribution in [-0.4, -0.2) is 4.98 Å². The summed E-state index contributed by atoms with van der Waals surface area (Å²) in [6.45, 7) is 4.45. The second kappa shape index (κ2) is 11.4. The molecule has 2 unspecified atom stereocenters. The van der Waals surface area contributed by atoms with Gasteiger partial charge in [-0.25, -0.2) is 0 Å². The highest BCUT2D eigenvalue weighted by Crippen LogP contribution is 2.55. The molecular weight excluding hydrogens is 606 g/mol. The molecule has 9 rings (SSSR count). The summed E-state index contributed by atoms with van der Waals surface area (Å²) in [5.41, 5.74) is 11.2. The van der Waals surface area contributed by atoms with Gasteiger partial charge in [0.25, 0.3) is 0 Å². The van der Waals surface area contributed by atoms with Gasteiger partial charge < -0.3 is 4.90 Å². The van der Waals surface area contributed by atoms with Gasteiger partial charge in [0.1, 0.15) is 0 Å². The zero-order valence-corrected chi connectivity index (χ0v) is 28.1. The number of hydrogen-bond acceptors (Lipinski definition) is 2. The molecule has 0 radical (unpaired) electrons. The largest absolute Gasteiger partial charge is 0.308 e. The van der Waals surface area contributed by atoms with Crippen molar-refractivity contribution in [2.75, 3.05) is 4.90 Å². The van der Waals surface area contributed by atoms with Gasteiger partial charge in [-0.05, 0) is 106 Å². The Hall–Kier alpha value is -4.87. The van der Waals surface area contributed by atoms with Gasteiger partial charge in [-0.1, -0.05) is 108 Å². The van der Waals surface area contributed by atoms with E-state index in [1.165, 1.54) is 71.1 Å². The van der Waals surface area contributed by atoms with Crippen LogP contribution < -0.4 is 36.7 Å². The lowest BCUT2D eigenvalue weighted by Crippen LogP contribution is -2.43. The Morgan fingerprint density at radius 1 is 0.447 bits per heavy atom. The topological polar surface area (TPSA) is 16.1 Å². The van der Waals surface area contributed by atoms with E-state index in [1.807, 2.05) is 12.3 Å². The summed E-state index contributed by atoms with van der Waals surface area (Å²) in [4.78, 5) is 7.27. The molecule has 4 heteroatoms. The summed E-state index contributed by atoms with van der Waals surface area (Å²) in [5, 5.41) is 8.45. The van der Waals surface area contributed by atoms with Crippen LogP contribution in [0, 0.1) is 13.8 Å². The predicted octanol–water partition coefficient (Wildman–Crippen LogP) is 8.65. The van der Waals surface area contributed by atoms with Crippen molar-refractivity contribution in [1.29, 1.82) is 0 Å². The molecule has 2 aliphatic rings. The van der Waals surface area contributed by atoms with Crippen LogP contribution in [-0.2, 0) is 0 Å². The smallest absolute Gasteiger partial charge is 0.0702 e. The molecule has 0 bridgehead atoms. The summed E-state index contributed by atoms with van der Waals surface area (Å²) in [5.74, 6) is 0. The normalized spacial score (nSPS) is 15.8. The highest BCUT2D eigenvalue weighted by atomic mass is 31.1. The third kappa shape index (κ3) is 4.75. The molecule has 1 aromatic heterocycles. The molecule has 6 aromatic carbocycles. The zero-order chi connectivity index (χ0) is 31.5. The van der Waals surface area contributed by atoms with Gasteiger partial charge in [0, 0.05) is 33.0 Å². The lowest BCUT2D eigenvalue weighted by molar-refractivity contribution is 1.30. The lowest BCUT2D eigenvalue weighted by atomic mass is 10.0. The van der Waals surface area contributed by atoms with Gasteiger partial charge >= 0.3 is 0 Å². The Labute approximate surface area is 278 Å². The van der Waals surface area contributed by atoms with Crippen molar-refractivity contribution in [2.45, 2.75) is 13.8 Å². The number of pyridine rings is 1. The number of nitrogens with zero attached hydrogens (tertiary/aromatic N) is 2. The van der Waals surface area contributed by atoms with Crippen molar-refractivity contribution in [1.82, 2.24) is 4.98 Å². The van der Waals surface area contributed by atoms with Gasteiger partial charge in [0.15, 0.2) is 0 Å². The van der Waals surface area contributed by atoms with Crippen LogP contribution in [0.1, 0.15) is 11.1 Å². The molecule has 7 aromatic rings. The number of fused-ring (bicyclic) bond motifs is 4. The Bertz CT molecular complexity index is 2170. The third-order valence-corrected chi connectivity index (χ3v) is 14.1. The molecule has 2 aliphatic heterocycles. The van der Waals surface area contributed by atoms with E-state index in [0.717, 1.165) is 11.3 Å². The Morgan fingerprint density at radius 3 is 1.55 bits per heavy atom. The van der Waals surface area contributed by atoms with E-state index >= 15 is 0 Å². The Kier molecular flexibility index (Phi) is 6.90. The van der Waals surface area contributed by atoms with Crippen molar-refractivity contribution >= 4 is 64.7 Å². The van der Waals surface area contributed by atoms with Crippen molar-refractivity contribution in [3.63, 3.8) is 0 Å². The fraction of sp³-hybridized carbons (Fsp3) is 0.0465. The molecule has 0 spiro atoms. The van der Waals surface area contributed by atoms with E-state index in [2.05, 4.69) is 169 Å². The minimum absolute atomic E-state index is 0.815. The van der Waals surface area contributed by atoms with E-state index in [0.29, 0.717) is 0 Å².